The predicted molar refractivity (Wildman–Crippen MR) is 100 cm³/mol. The minimum absolute atomic E-state index is 0.108. The molecule has 2 aliphatic rings. The standard InChI is InChI=1S/C21H26N2O2/c1-14(21(24)23-10-9-18-6-7-19(13-23)22-18)15-3-4-17-12-20(25-2)8-5-16(17)11-15/h3-5,8,11-12,14,18-19,22H,6-7,9-10,13H2,1-2H3. The summed E-state index contributed by atoms with van der Waals surface area (Å²) in [4.78, 5) is 15.1. The van der Waals surface area contributed by atoms with Crippen molar-refractivity contribution < 1.29 is 9.53 Å². The molecule has 1 N–H and O–H groups in total. The second-order valence-corrected chi connectivity index (χ2v) is 7.40. The lowest BCUT2D eigenvalue weighted by molar-refractivity contribution is -0.132. The first-order valence-corrected chi connectivity index (χ1v) is 9.26. The lowest BCUT2D eigenvalue weighted by Crippen LogP contribution is -2.40. The summed E-state index contributed by atoms with van der Waals surface area (Å²) in [6.07, 6.45) is 3.53. The molecule has 0 aromatic heterocycles. The van der Waals surface area contributed by atoms with Gasteiger partial charge < -0.3 is 15.0 Å². The quantitative estimate of drug-likeness (QED) is 0.933. The van der Waals surface area contributed by atoms with Crippen molar-refractivity contribution in [2.24, 2.45) is 0 Å². The number of benzene rings is 2. The summed E-state index contributed by atoms with van der Waals surface area (Å²) in [7, 11) is 1.68. The van der Waals surface area contributed by atoms with E-state index in [-0.39, 0.29) is 11.8 Å². The minimum Gasteiger partial charge on any atom is -0.497 e. The Morgan fingerprint density at radius 1 is 1.12 bits per heavy atom. The summed E-state index contributed by atoms with van der Waals surface area (Å²) < 4.78 is 5.29. The van der Waals surface area contributed by atoms with Crippen LogP contribution in [-0.2, 0) is 4.79 Å². The topological polar surface area (TPSA) is 41.6 Å². The van der Waals surface area contributed by atoms with Gasteiger partial charge in [0.25, 0.3) is 0 Å². The Kier molecular flexibility index (Phi) is 4.38. The molecule has 0 spiro atoms. The normalized spacial score (nSPS) is 24.2. The minimum atomic E-state index is -0.108. The molecule has 25 heavy (non-hydrogen) atoms. The van der Waals surface area contributed by atoms with Gasteiger partial charge in [0.1, 0.15) is 5.75 Å². The SMILES string of the molecule is COc1ccc2cc(C(C)C(=O)N3CCC4CCC(C3)N4)ccc2c1. The molecule has 1 amide bonds. The highest BCUT2D eigenvalue weighted by atomic mass is 16.5. The van der Waals surface area contributed by atoms with Gasteiger partial charge >= 0.3 is 0 Å². The summed E-state index contributed by atoms with van der Waals surface area (Å²) in [5.74, 6) is 1.00. The van der Waals surface area contributed by atoms with Crippen LogP contribution in [0.3, 0.4) is 0 Å². The zero-order valence-corrected chi connectivity index (χ0v) is 15.0. The molecular formula is C21H26N2O2. The number of methoxy groups -OCH3 is 1. The van der Waals surface area contributed by atoms with Gasteiger partial charge in [0.15, 0.2) is 0 Å². The molecule has 2 heterocycles. The van der Waals surface area contributed by atoms with Crippen LogP contribution >= 0.6 is 0 Å². The number of nitrogens with zero attached hydrogens (tertiary/aromatic N) is 1. The van der Waals surface area contributed by atoms with Crippen LogP contribution in [-0.4, -0.2) is 43.1 Å². The molecule has 0 radical (unpaired) electrons. The molecule has 0 aliphatic carbocycles. The molecule has 3 unspecified atom stereocenters. The average molecular weight is 338 g/mol. The first kappa shape index (κ1) is 16.4. The first-order valence-electron chi connectivity index (χ1n) is 9.26. The summed E-state index contributed by atoms with van der Waals surface area (Å²) in [5, 5.41) is 5.93. The van der Waals surface area contributed by atoms with Gasteiger partial charge in [0, 0.05) is 25.2 Å². The number of fused-ring (bicyclic) bond motifs is 3. The van der Waals surface area contributed by atoms with Crippen molar-refractivity contribution in [2.45, 2.75) is 44.2 Å². The smallest absolute Gasteiger partial charge is 0.229 e. The van der Waals surface area contributed by atoms with Crippen molar-refractivity contribution in [1.82, 2.24) is 10.2 Å². The van der Waals surface area contributed by atoms with E-state index in [1.807, 2.05) is 19.1 Å². The molecule has 4 nitrogen and oxygen atoms in total. The van der Waals surface area contributed by atoms with Gasteiger partial charge in [-0.1, -0.05) is 24.3 Å². The molecule has 132 valence electrons. The number of hydrogen-bond donors (Lipinski definition) is 1. The summed E-state index contributed by atoms with van der Waals surface area (Å²) in [6, 6.07) is 13.4. The first-order chi connectivity index (χ1) is 12.1. The van der Waals surface area contributed by atoms with Gasteiger partial charge in [0.2, 0.25) is 5.91 Å². The fourth-order valence-corrected chi connectivity index (χ4v) is 4.20. The zero-order valence-electron chi connectivity index (χ0n) is 15.0. The molecule has 2 aromatic rings. The molecule has 2 saturated heterocycles. The highest BCUT2D eigenvalue weighted by Gasteiger charge is 2.32. The van der Waals surface area contributed by atoms with E-state index in [0.29, 0.717) is 12.1 Å². The lowest BCUT2D eigenvalue weighted by Gasteiger charge is -2.27. The van der Waals surface area contributed by atoms with Gasteiger partial charge in [-0.25, -0.2) is 0 Å². The predicted octanol–water partition coefficient (Wildman–Crippen LogP) is 3.30. The molecule has 4 heteroatoms. The van der Waals surface area contributed by atoms with Crippen molar-refractivity contribution in [3.8, 4) is 5.75 Å². The Bertz CT molecular complexity index is 789. The van der Waals surface area contributed by atoms with E-state index in [4.69, 9.17) is 4.74 Å². The molecule has 3 atom stereocenters. The van der Waals surface area contributed by atoms with Crippen LogP contribution in [0.25, 0.3) is 10.8 Å². The fourth-order valence-electron chi connectivity index (χ4n) is 4.20. The van der Waals surface area contributed by atoms with E-state index >= 15 is 0 Å². The number of hydrogen-bond acceptors (Lipinski definition) is 3. The van der Waals surface area contributed by atoms with E-state index in [1.54, 1.807) is 7.11 Å². The monoisotopic (exact) mass is 338 g/mol. The third-order valence-corrected chi connectivity index (χ3v) is 5.78. The number of carbonyl (C=O) groups is 1. The highest BCUT2D eigenvalue weighted by Crippen LogP contribution is 2.28. The Morgan fingerprint density at radius 2 is 1.88 bits per heavy atom. The third kappa shape index (κ3) is 3.23. The van der Waals surface area contributed by atoms with E-state index in [1.165, 1.54) is 12.8 Å². The molecule has 2 bridgehead atoms. The van der Waals surface area contributed by atoms with Crippen LogP contribution in [0.4, 0.5) is 0 Å². The van der Waals surface area contributed by atoms with E-state index in [2.05, 4.69) is 34.5 Å². The van der Waals surface area contributed by atoms with Crippen molar-refractivity contribution in [3.05, 3.63) is 42.0 Å². The molecule has 2 aromatic carbocycles. The maximum absolute atomic E-state index is 13.0. The van der Waals surface area contributed by atoms with Gasteiger partial charge in [-0.2, -0.15) is 0 Å². The van der Waals surface area contributed by atoms with Crippen molar-refractivity contribution in [1.29, 1.82) is 0 Å². The van der Waals surface area contributed by atoms with E-state index in [0.717, 1.165) is 41.6 Å². The number of likely N-dealkylation sites (tertiary alicyclic amines) is 1. The number of rotatable bonds is 3. The highest BCUT2D eigenvalue weighted by molar-refractivity contribution is 5.88. The van der Waals surface area contributed by atoms with Crippen LogP contribution in [0.1, 0.15) is 37.7 Å². The number of carbonyl (C=O) groups excluding carboxylic acids is 1. The lowest BCUT2D eigenvalue weighted by atomic mass is 9.96. The Morgan fingerprint density at radius 3 is 2.72 bits per heavy atom. The third-order valence-electron chi connectivity index (χ3n) is 5.78. The van der Waals surface area contributed by atoms with Crippen LogP contribution in [0.2, 0.25) is 0 Å². The Labute approximate surface area is 149 Å². The van der Waals surface area contributed by atoms with Gasteiger partial charge in [-0.05, 0) is 54.7 Å². The van der Waals surface area contributed by atoms with Gasteiger partial charge in [-0.3, -0.25) is 4.79 Å². The number of ether oxygens (including phenoxy) is 1. The van der Waals surface area contributed by atoms with Crippen LogP contribution < -0.4 is 10.1 Å². The van der Waals surface area contributed by atoms with E-state index < -0.39 is 0 Å². The number of amides is 1. The second kappa shape index (κ2) is 6.68. The maximum Gasteiger partial charge on any atom is 0.229 e. The summed E-state index contributed by atoms with van der Waals surface area (Å²) >= 11 is 0. The Balaban J connectivity index is 1.54. The summed E-state index contributed by atoms with van der Waals surface area (Å²) in [5.41, 5.74) is 1.09. The van der Waals surface area contributed by atoms with Crippen molar-refractivity contribution in [2.75, 3.05) is 20.2 Å². The molecule has 2 fully saturated rings. The molecule has 4 rings (SSSR count). The molecule has 0 saturated carbocycles. The van der Waals surface area contributed by atoms with Crippen molar-refractivity contribution >= 4 is 16.7 Å². The largest absolute Gasteiger partial charge is 0.497 e. The molecule has 2 aliphatic heterocycles. The van der Waals surface area contributed by atoms with Crippen LogP contribution in [0.5, 0.6) is 5.75 Å². The number of nitrogens with one attached hydrogen (secondary N) is 1. The molecular weight excluding hydrogens is 312 g/mol. The van der Waals surface area contributed by atoms with Gasteiger partial charge in [0.05, 0.1) is 13.0 Å². The zero-order chi connectivity index (χ0) is 17.4. The maximum atomic E-state index is 13.0. The van der Waals surface area contributed by atoms with Crippen LogP contribution in [0, 0.1) is 0 Å². The Hall–Kier alpha value is -2.07. The fraction of sp³-hybridized carbons (Fsp3) is 0.476. The average Bonchev–Trinajstić information content (AvgIpc) is 2.98. The van der Waals surface area contributed by atoms with Crippen molar-refractivity contribution in [3.63, 3.8) is 0 Å². The van der Waals surface area contributed by atoms with E-state index in [9.17, 15) is 4.79 Å². The van der Waals surface area contributed by atoms with Crippen LogP contribution in [0.15, 0.2) is 36.4 Å². The summed E-state index contributed by atoms with van der Waals surface area (Å²) in [6.45, 7) is 3.76. The van der Waals surface area contributed by atoms with Gasteiger partial charge in [-0.15, -0.1) is 0 Å². The second-order valence-electron chi connectivity index (χ2n) is 7.40.